The standard InChI is InChI=1S/C9H10FN3/c1-3-8(4-2)13-9-11-5-7(10)6-12-9/h1,5-6,8H,4H2,2H3,(H,11,12,13). The van der Waals surface area contributed by atoms with Gasteiger partial charge in [-0.3, -0.25) is 0 Å². The van der Waals surface area contributed by atoms with Crippen LogP contribution in [0.1, 0.15) is 13.3 Å². The molecule has 0 amide bonds. The largest absolute Gasteiger partial charge is 0.341 e. The van der Waals surface area contributed by atoms with E-state index in [2.05, 4.69) is 21.2 Å². The van der Waals surface area contributed by atoms with E-state index >= 15 is 0 Å². The van der Waals surface area contributed by atoms with Crippen LogP contribution in [0.4, 0.5) is 10.3 Å². The van der Waals surface area contributed by atoms with E-state index in [4.69, 9.17) is 6.42 Å². The highest BCUT2D eigenvalue weighted by molar-refractivity contribution is 5.28. The molecular formula is C9H10FN3. The van der Waals surface area contributed by atoms with Crippen LogP contribution in [0.2, 0.25) is 0 Å². The molecule has 13 heavy (non-hydrogen) atoms. The predicted molar refractivity (Wildman–Crippen MR) is 48.5 cm³/mol. The Bertz CT molecular complexity index is 302. The van der Waals surface area contributed by atoms with Crippen molar-refractivity contribution in [1.29, 1.82) is 0 Å². The number of aromatic nitrogens is 2. The minimum Gasteiger partial charge on any atom is -0.341 e. The Morgan fingerprint density at radius 2 is 2.23 bits per heavy atom. The number of nitrogens with zero attached hydrogens (tertiary/aromatic N) is 2. The molecule has 4 heteroatoms. The van der Waals surface area contributed by atoms with Gasteiger partial charge in [0, 0.05) is 0 Å². The number of anilines is 1. The summed E-state index contributed by atoms with van der Waals surface area (Å²) in [4.78, 5) is 7.44. The van der Waals surface area contributed by atoms with Gasteiger partial charge in [-0.15, -0.1) is 6.42 Å². The fraction of sp³-hybridized carbons (Fsp3) is 0.333. The van der Waals surface area contributed by atoms with Gasteiger partial charge in [0.2, 0.25) is 5.95 Å². The maximum Gasteiger partial charge on any atom is 0.223 e. The van der Waals surface area contributed by atoms with E-state index in [1.54, 1.807) is 0 Å². The summed E-state index contributed by atoms with van der Waals surface area (Å²) >= 11 is 0. The van der Waals surface area contributed by atoms with Crippen molar-refractivity contribution >= 4 is 5.95 Å². The average molecular weight is 179 g/mol. The Balaban J connectivity index is 2.64. The molecular weight excluding hydrogens is 169 g/mol. The van der Waals surface area contributed by atoms with Crippen LogP contribution in [0.3, 0.4) is 0 Å². The van der Waals surface area contributed by atoms with Gasteiger partial charge in [-0.1, -0.05) is 12.8 Å². The van der Waals surface area contributed by atoms with Crippen molar-refractivity contribution in [3.63, 3.8) is 0 Å². The molecule has 1 aromatic rings. The Hall–Kier alpha value is -1.63. The van der Waals surface area contributed by atoms with Crippen molar-refractivity contribution in [2.75, 3.05) is 5.32 Å². The van der Waals surface area contributed by atoms with E-state index < -0.39 is 5.82 Å². The van der Waals surface area contributed by atoms with Crippen LogP contribution >= 0.6 is 0 Å². The molecule has 1 rings (SSSR count). The smallest absolute Gasteiger partial charge is 0.223 e. The summed E-state index contributed by atoms with van der Waals surface area (Å²) in [5, 5.41) is 2.88. The first-order chi connectivity index (χ1) is 6.26. The van der Waals surface area contributed by atoms with E-state index in [9.17, 15) is 4.39 Å². The summed E-state index contributed by atoms with van der Waals surface area (Å²) in [6, 6.07) is -0.106. The maximum absolute atomic E-state index is 12.4. The number of hydrogen-bond donors (Lipinski definition) is 1. The highest BCUT2D eigenvalue weighted by atomic mass is 19.1. The lowest BCUT2D eigenvalue weighted by Gasteiger charge is -2.09. The Labute approximate surface area is 76.4 Å². The number of nitrogens with one attached hydrogen (secondary N) is 1. The van der Waals surface area contributed by atoms with Crippen LogP contribution in [0, 0.1) is 18.2 Å². The molecule has 1 unspecified atom stereocenters. The molecule has 1 heterocycles. The van der Waals surface area contributed by atoms with Gasteiger partial charge in [-0.05, 0) is 6.42 Å². The molecule has 68 valence electrons. The Kier molecular flexibility index (Phi) is 3.21. The van der Waals surface area contributed by atoms with Crippen molar-refractivity contribution in [1.82, 2.24) is 9.97 Å². The third-order valence-corrected chi connectivity index (χ3v) is 1.53. The van der Waals surface area contributed by atoms with E-state index in [-0.39, 0.29) is 6.04 Å². The first kappa shape index (κ1) is 9.46. The van der Waals surface area contributed by atoms with Crippen molar-refractivity contribution in [3.05, 3.63) is 18.2 Å². The summed E-state index contributed by atoms with van der Waals surface area (Å²) in [6.07, 6.45) is 8.19. The van der Waals surface area contributed by atoms with Crippen molar-refractivity contribution in [2.45, 2.75) is 19.4 Å². The van der Waals surface area contributed by atoms with E-state index in [1.165, 1.54) is 0 Å². The van der Waals surface area contributed by atoms with Gasteiger partial charge >= 0.3 is 0 Å². The molecule has 0 aliphatic rings. The molecule has 0 aliphatic heterocycles. The molecule has 0 spiro atoms. The first-order valence-electron chi connectivity index (χ1n) is 3.96. The van der Waals surface area contributed by atoms with Crippen molar-refractivity contribution in [3.8, 4) is 12.3 Å². The summed E-state index contributed by atoms with van der Waals surface area (Å²) in [7, 11) is 0. The van der Waals surface area contributed by atoms with E-state index in [0.717, 1.165) is 18.8 Å². The molecule has 0 bridgehead atoms. The van der Waals surface area contributed by atoms with Crippen LogP contribution in [-0.2, 0) is 0 Å². The normalized spacial score (nSPS) is 11.8. The second-order valence-electron chi connectivity index (χ2n) is 2.50. The first-order valence-corrected chi connectivity index (χ1v) is 3.96. The molecule has 1 aromatic heterocycles. The lowest BCUT2D eigenvalue weighted by molar-refractivity contribution is 0.613. The molecule has 1 atom stereocenters. The van der Waals surface area contributed by atoms with E-state index in [0.29, 0.717) is 5.95 Å². The average Bonchev–Trinajstić information content (AvgIpc) is 2.17. The zero-order valence-electron chi connectivity index (χ0n) is 7.29. The second kappa shape index (κ2) is 4.41. The summed E-state index contributed by atoms with van der Waals surface area (Å²) < 4.78 is 12.4. The predicted octanol–water partition coefficient (Wildman–Crippen LogP) is 1.44. The Morgan fingerprint density at radius 1 is 1.62 bits per heavy atom. The second-order valence-corrected chi connectivity index (χ2v) is 2.50. The fourth-order valence-corrected chi connectivity index (χ4v) is 0.804. The molecule has 0 aliphatic carbocycles. The molecule has 0 aromatic carbocycles. The van der Waals surface area contributed by atoms with Gasteiger partial charge in [-0.2, -0.15) is 0 Å². The molecule has 0 saturated carbocycles. The minimum atomic E-state index is -0.459. The van der Waals surface area contributed by atoms with Crippen LogP contribution in [0.25, 0.3) is 0 Å². The topological polar surface area (TPSA) is 37.8 Å². The third-order valence-electron chi connectivity index (χ3n) is 1.53. The lowest BCUT2D eigenvalue weighted by Crippen LogP contribution is -2.17. The highest BCUT2D eigenvalue weighted by Gasteiger charge is 2.02. The maximum atomic E-state index is 12.4. The number of hydrogen-bond acceptors (Lipinski definition) is 3. The Morgan fingerprint density at radius 3 is 2.69 bits per heavy atom. The van der Waals surface area contributed by atoms with Crippen LogP contribution in [-0.4, -0.2) is 16.0 Å². The quantitative estimate of drug-likeness (QED) is 0.713. The summed E-state index contributed by atoms with van der Waals surface area (Å²) in [5.41, 5.74) is 0. The molecule has 3 nitrogen and oxygen atoms in total. The fourth-order valence-electron chi connectivity index (χ4n) is 0.804. The molecule has 0 fully saturated rings. The molecule has 1 N–H and O–H groups in total. The van der Waals surface area contributed by atoms with Gasteiger partial charge < -0.3 is 5.32 Å². The molecule has 0 radical (unpaired) electrons. The van der Waals surface area contributed by atoms with Crippen LogP contribution in [0.5, 0.6) is 0 Å². The van der Waals surface area contributed by atoms with Gasteiger partial charge in [0.15, 0.2) is 5.82 Å². The van der Waals surface area contributed by atoms with Gasteiger partial charge in [-0.25, -0.2) is 14.4 Å². The van der Waals surface area contributed by atoms with Crippen molar-refractivity contribution < 1.29 is 4.39 Å². The zero-order valence-corrected chi connectivity index (χ0v) is 7.29. The van der Waals surface area contributed by atoms with E-state index in [1.807, 2.05) is 6.92 Å². The van der Waals surface area contributed by atoms with Crippen LogP contribution in [0.15, 0.2) is 12.4 Å². The molecule has 0 saturated heterocycles. The highest BCUT2D eigenvalue weighted by Crippen LogP contribution is 2.02. The number of rotatable bonds is 3. The lowest BCUT2D eigenvalue weighted by atomic mass is 10.2. The van der Waals surface area contributed by atoms with Gasteiger partial charge in [0.25, 0.3) is 0 Å². The monoisotopic (exact) mass is 179 g/mol. The zero-order chi connectivity index (χ0) is 9.68. The summed E-state index contributed by atoms with van der Waals surface area (Å²) in [5.74, 6) is 2.42. The van der Waals surface area contributed by atoms with Gasteiger partial charge in [0.05, 0.1) is 18.4 Å². The van der Waals surface area contributed by atoms with Crippen molar-refractivity contribution in [2.24, 2.45) is 0 Å². The third kappa shape index (κ3) is 2.71. The van der Waals surface area contributed by atoms with Crippen LogP contribution < -0.4 is 5.32 Å². The minimum absolute atomic E-state index is 0.106. The number of terminal acetylenes is 1. The summed E-state index contributed by atoms with van der Waals surface area (Å²) in [6.45, 7) is 1.95. The number of halogens is 1. The van der Waals surface area contributed by atoms with Gasteiger partial charge in [0.1, 0.15) is 0 Å². The SMILES string of the molecule is C#CC(CC)Nc1ncc(F)cn1.